The zero-order valence-corrected chi connectivity index (χ0v) is 14.6. The van der Waals surface area contributed by atoms with Crippen LogP contribution in [-0.2, 0) is 9.84 Å². The van der Waals surface area contributed by atoms with Crippen molar-refractivity contribution in [2.45, 2.75) is 6.92 Å². The van der Waals surface area contributed by atoms with Gasteiger partial charge in [0.15, 0.2) is 15.6 Å². The van der Waals surface area contributed by atoms with Crippen molar-refractivity contribution >= 4 is 15.6 Å². The highest BCUT2D eigenvalue weighted by atomic mass is 32.2. The number of hydrogen-bond acceptors (Lipinski definition) is 6. The van der Waals surface area contributed by atoms with Gasteiger partial charge in [0.1, 0.15) is 17.3 Å². The van der Waals surface area contributed by atoms with Crippen molar-refractivity contribution in [3.8, 4) is 16.9 Å². The molecule has 3 aromatic heterocycles. The van der Waals surface area contributed by atoms with Crippen LogP contribution in [0.15, 0.2) is 49.1 Å². The van der Waals surface area contributed by atoms with Gasteiger partial charge in [0.05, 0.1) is 30.0 Å². The molecule has 0 N–H and O–H groups in total. The first-order valence-electron chi connectivity index (χ1n) is 7.74. The molecule has 0 aliphatic rings. The van der Waals surface area contributed by atoms with Gasteiger partial charge in [-0.3, -0.25) is 9.78 Å². The maximum atomic E-state index is 13.3. The minimum absolute atomic E-state index is 0.0692. The molecule has 0 bridgehead atoms. The Hall–Kier alpha value is -2.94. The van der Waals surface area contributed by atoms with Gasteiger partial charge in [0.25, 0.3) is 0 Å². The summed E-state index contributed by atoms with van der Waals surface area (Å²) < 4.78 is 38.0. The number of halogens is 1. The molecule has 0 aromatic carbocycles. The third-order valence-electron chi connectivity index (χ3n) is 3.66. The maximum Gasteiger partial charge on any atom is 0.196 e. The molecular formula is C17H15FN4O3S. The average molecular weight is 374 g/mol. The van der Waals surface area contributed by atoms with Crippen LogP contribution in [0.2, 0.25) is 0 Å². The van der Waals surface area contributed by atoms with Gasteiger partial charge < -0.3 is 0 Å². The molecule has 0 amide bonds. The minimum Gasteiger partial charge on any atom is -0.291 e. The number of carbonyl (C=O) groups is 1. The van der Waals surface area contributed by atoms with Gasteiger partial charge in [0.2, 0.25) is 0 Å². The van der Waals surface area contributed by atoms with Crippen LogP contribution in [0.25, 0.3) is 16.9 Å². The van der Waals surface area contributed by atoms with E-state index in [1.807, 2.05) is 0 Å². The number of hydrogen-bond donors (Lipinski definition) is 0. The number of nitrogens with zero attached hydrogens (tertiary/aromatic N) is 4. The predicted octanol–water partition coefficient (Wildman–Crippen LogP) is 2.09. The first-order chi connectivity index (χ1) is 12.4. The molecule has 3 heterocycles. The molecule has 0 aliphatic heterocycles. The normalized spacial score (nSPS) is 11.5. The van der Waals surface area contributed by atoms with Gasteiger partial charge in [-0.15, -0.1) is 0 Å². The molecule has 0 radical (unpaired) electrons. The Labute approximate surface area is 149 Å². The molecule has 134 valence electrons. The molecule has 0 unspecified atom stereocenters. The van der Waals surface area contributed by atoms with E-state index in [-0.39, 0.29) is 11.4 Å². The summed E-state index contributed by atoms with van der Waals surface area (Å²) in [5.74, 6) is -1.72. The fraction of sp³-hybridized carbons (Fsp3) is 0.176. The summed E-state index contributed by atoms with van der Waals surface area (Å²) in [6, 6.07) is 6.05. The van der Waals surface area contributed by atoms with E-state index in [1.54, 1.807) is 18.3 Å². The topological polar surface area (TPSA) is 94.8 Å². The lowest BCUT2D eigenvalue weighted by atomic mass is 10.2. The van der Waals surface area contributed by atoms with Crippen LogP contribution in [0.3, 0.4) is 0 Å². The molecule has 3 rings (SSSR count). The summed E-state index contributed by atoms with van der Waals surface area (Å²) in [5, 5.41) is 4.14. The van der Waals surface area contributed by atoms with Crippen molar-refractivity contribution in [1.82, 2.24) is 19.7 Å². The SMILES string of the molecule is CCS(=O)(=O)CC(=O)c1cccc(-c2cnn(-c3cncc(F)c3)c2)n1. The summed E-state index contributed by atoms with van der Waals surface area (Å²) in [6.07, 6.45) is 5.69. The molecule has 0 saturated heterocycles. The Balaban J connectivity index is 1.88. The fourth-order valence-electron chi connectivity index (χ4n) is 2.25. The van der Waals surface area contributed by atoms with E-state index < -0.39 is 27.2 Å². The lowest BCUT2D eigenvalue weighted by Gasteiger charge is -2.03. The van der Waals surface area contributed by atoms with Crippen molar-refractivity contribution in [2.75, 3.05) is 11.5 Å². The second-order valence-corrected chi connectivity index (χ2v) is 7.90. The largest absolute Gasteiger partial charge is 0.291 e. The average Bonchev–Trinajstić information content (AvgIpc) is 3.12. The molecule has 9 heteroatoms. The van der Waals surface area contributed by atoms with Crippen molar-refractivity contribution < 1.29 is 17.6 Å². The van der Waals surface area contributed by atoms with Gasteiger partial charge in [0, 0.05) is 23.6 Å². The summed E-state index contributed by atoms with van der Waals surface area (Å²) >= 11 is 0. The van der Waals surface area contributed by atoms with Gasteiger partial charge >= 0.3 is 0 Å². The summed E-state index contributed by atoms with van der Waals surface area (Å²) in [6.45, 7) is 1.49. The van der Waals surface area contributed by atoms with Crippen LogP contribution in [0.4, 0.5) is 4.39 Å². The smallest absolute Gasteiger partial charge is 0.196 e. The molecule has 0 aliphatic carbocycles. The van der Waals surface area contributed by atoms with Gasteiger partial charge in [-0.05, 0) is 12.1 Å². The highest BCUT2D eigenvalue weighted by Gasteiger charge is 2.18. The van der Waals surface area contributed by atoms with Gasteiger partial charge in [-0.25, -0.2) is 22.5 Å². The van der Waals surface area contributed by atoms with Crippen molar-refractivity contribution in [3.63, 3.8) is 0 Å². The number of rotatable bonds is 6. The zero-order valence-electron chi connectivity index (χ0n) is 13.8. The van der Waals surface area contributed by atoms with Crippen LogP contribution in [0.5, 0.6) is 0 Å². The molecule has 0 spiro atoms. The molecule has 3 aromatic rings. The van der Waals surface area contributed by atoms with Crippen LogP contribution in [-0.4, -0.2) is 45.5 Å². The van der Waals surface area contributed by atoms with Crippen LogP contribution < -0.4 is 0 Å². The van der Waals surface area contributed by atoms with E-state index in [9.17, 15) is 17.6 Å². The number of ketones is 1. The Morgan fingerprint density at radius 2 is 2.04 bits per heavy atom. The minimum atomic E-state index is -3.43. The van der Waals surface area contributed by atoms with Crippen LogP contribution in [0.1, 0.15) is 17.4 Å². The van der Waals surface area contributed by atoms with Crippen LogP contribution >= 0.6 is 0 Å². The Morgan fingerprint density at radius 1 is 1.23 bits per heavy atom. The first kappa shape index (κ1) is 17.9. The van der Waals surface area contributed by atoms with E-state index in [4.69, 9.17) is 0 Å². The van der Waals surface area contributed by atoms with E-state index >= 15 is 0 Å². The number of carbonyl (C=O) groups excluding carboxylic acids is 1. The molecule has 0 saturated carbocycles. The number of pyridine rings is 2. The first-order valence-corrected chi connectivity index (χ1v) is 9.57. The third-order valence-corrected chi connectivity index (χ3v) is 5.24. The summed E-state index contributed by atoms with van der Waals surface area (Å²) in [5.41, 5.74) is 1.57. The molecule has 26 heavy (non-hydrogen) atoms. The van der Waals surface area contributed by atoms with E-state index in [2.05, 4.69) is 15.1 Å². The number of aromatic nitrogens is 4. The fourth-order valence-corrected chi connectivity index (χ4v) is 3.00. The maximum absolute atomic E-state index is 13.3. The molecule has 0 atom stereocenters. The Kier molecular flexibility index (Phi) is 4.90. The van der Waals surface area contributed by atoms with E-state index in [0.717, 1.165) is 6.20 Å². The number of Topliss-reactive ketones (excluding diaryl/α,β-unsaturated/α-hetero) is 1. The Morgan fingerprint density at radius 3 is 2.77 bits per heavy atom. The van der Waals surface area contributed by atoms with Crippen molar-refractivity contribution in [2.24, 2.45) is 0 Å². The molecular weight excluding hydrogens is 359 g/mol. The van der Waals surface area contributed by atoms with Gasteiger partial charge in [-0.1, -0.05) is 13.0 Å². The number of sulfone groups is 1. The summed E-state index contributed by atoms with van der Waals surface area (Å²) in [7, 11) is -3.43. The lowest BCUT2D eigenvalue weighted by Crippen LogP contribution is -2.18. The van der Waals surface area contributed by atoms with Crippen LogP contribution in [0, 0.1) is 5.82 Å². The lowest BCUT2D eigenvalue weighted by molar-refractivity contribution is 0.101. The van der Waals surface area contributed by atoms with Crippen molar-refractivity contribution in [3.05, 3.63) is 60.6 Å². The second kappa shape index (κ2) is 7.12. The molecule has 7 nitrogen and oxygen atoms in total. The monoisotopic (exact) mass is 374 g/mol. The highest BCUT2D eigenvalue weighted by Crippen LogP contribution is 2.19. The molecule has 0 fully saturated rings. The third kappa shape index (κ3) is 3.99. The van der Waals surface area contributed by atoms with Gasteiger partial charge in [-0.2, -0.15) is 5.10 Å². The quantitative estimate of drug-likeness (QED) is 0.613. The second-order valence-electron chi connectivity index (χ2n) is 5.54. The van der Waals surface area contributed by atoms with E-state index in [0.29, 0.717) is 16.9 Å². The zero-order chi connectivity index (χ0) is 18.7. The van der Waals surface area contributed by atoms with E-state index in [1.165, 1.54) is 36.1 Å². The van der Waals surface area contributed by atoms with Crippen molar-refractivity contribution in [1.29, 1.82) is 0 Å². The summed E-state index contributed by atoms with van der Waals surface area (Å²) in [4.78, 5) is 20.2. The predicted molar refractivity (Wildman–Crippen MR) is 93.2 cm³/mol. The standard InChI is InChI=1S/C17H15FN4O3S/c1-2-26(24,25)11-17(23)16-5-3-4-15(21-16)12-7-20-22(10-12)14-6-13(18)8-19-9-14/h3-10H,2,11H2,1H3. The highest BCUT2D eigenvalue weighted by molar-refractivity contribution is 7.92. The Bertz CT molecular complexity index is 1060.